The highest BCUT2D eigenvalue weighted by Crippen LogP contribution is 2.42. The molecule has 11 heteroatoms. The van der Waals surface area contributed by atoms with Crippen molar-refractivity contribution in [1.29, 1.82) is 0 Å². The predicted octanol–water partition coefficient (Wildman–Crippen LogP) is 30.9. The van der Waals surface area contributed by atoms with Gasteiger partial charge in [0.25, 0.3) is 11.8 Å². The van der Waals surface area contributed by atoms with Gasteiger partial charge in [0.2, 0.25) is 11.5 Å². The first kappa shape index (κ1) is 94.3. The lowest BCUT2D eigenvalue weighted by molar-refractivity contribution is 0.101. The van der Waals surface area contributed by atoms with Gasteiger partial charge in [0.05, 0.1) is 39.6 Å². The van der Waals surface area contributed by atoms with E-state index in [1.54, 1.807) is 0 Å². The largest absolute Gasteiger partial charge is 0.490 e. The number of anilines is 2. The number of hydrogen-bond acceptors (Lipinski definition) is 8. The van der Waals surface area contributed by atoms with Crippen LogP contribution in [-0.2, 0) is 0 Å². The summed E-state index contributed by atoms with van der Waals surface area (Å²) < 4.78 is 41.3. The lowest BCUT2D eigenvalue weighted by Gasteiger charge is -2.20. The fraction of sp³-hybridized carbons (Fsp3) is 0.785. The van der Waals surface area contributed by atoms with Gasteiger partial charge in [0, 0.05) is 26.1 Å². The molecule has 0 unspecified atom stereocenters. The van der Waals surface area contributed by atoms with Crippen LogP contribution in [0.4, 0.5) is 11.4 Å². The van der Waals surface area contributed by atoms with Gasteiger partial charge in [-0.15, -0.1) is 0 Å². The van der Waals surface area contributed by atoms with E-state index >= 15 is 0 Å². The molecule has 10 nitrogen and oxygen atoms in total. The fourth-order valence-corrected chi connectivity index (χ4v) is 14.7. The minimum atomic E-state index is -0.289. The van der Waals surface area contributed by atoms with Gasteiger partial charge in [-0.3, -0.25) is 9.59 Å². The van der Waals surface area contributed by atoms with Crippen LogP contribution in [0.3, 0.4) is 0 Å². The van der Waals surface area contributed by atoms with Gasteiger partial charge < -0.3 is 39.1 Å². The third-order valence-electron chi connectivity index (χ3n) is 20.9. The van der Waals surface area contributed by atoms with E-state index in [0.717, 1.165) is 86.2 Å². The van der Waals surface area contributed by atoms with Crippen LogP contribution in [0.15, 0.2) is 36.4 Å². The number of hydrogen-bond donors (Lipinski definition) is 2. The predicted molar refractivity (Wildman–Crippen MR) is 457 cm³/mol. The van der Waals surface area contributed by atoms with E-state index < -0.39 is 0 Å². The second-order valence-corrected chi connectivity index (χ2v) is 32.1. The molecule has 0 saturated carbocycles. The number of halogens is 1. The Kier molecular flexibility index (Phi) is 62.0. The van der Waals surface area contributed by atoms with Crippen molar-refractivity contribution in [2.24, 2.45) is 0 Å². The summed E-state index contributed by atoms with van der Waals surface area (Å²) in [6.07, 6.45) is 74.5. The summed E-state index contributed by atoms with van der Waals surface area (Å²) >= 11 is 2.29. The topological polar surface area (TPSA) is 114 Å². The van der Waals surface area contributed by atoms with Gasteiger partial charge >= 0.3 is 0 Å². The van der Waals surface area contributed by atoms with Crippen LogP contribution in [0.1, 0.15) is 453 Å². The Balaban J connectivity index is 1.97. The molecule has 0 atom stereocenters. The molecule has 0 aliphatic rings. The molecule has 0 saturated heterocycles. The highest BCUT2D eigenvalue weighted by atomic mass is 127. The van der Waals surface area contributed by atoms with Crippen molar-refractivity contribution >= 4 is 45.8 Å². The fourth-order valence-electron chi connectivity index (χ4n) is 14.1. The van der Waals surface area contributed by atoms with Crippen LogP contribution in [0.2, 0.25) is 0 Å². The Morgan fingerprint density at radius 2 is 0.413 bits per heavy atom. The Bertz CT molecular complexity index is 2240. The first-order chi connectivity index (χ1) is 51.2. The van der Waals surface area contributed by atoms with E-state index in [2.05, 4.69) is 74.8 Å². The summed E-state index contributed by atoms with van der Waals surface area (Å²) in [6, 6.07) is 11.4. The van der Waals surface area contributed by atoms with E-state index in [4.69, 9.17) is 28.4 Å². The van der Waals surface area contributed by atoms with Crippen molar-refractivity contribution in [3.8, 4) is 34.5 Å². The van der Waals surface area contributed by atoms with Gasteiger partial charge in [0.15, 0.2) is 23.0 Å². The molecule has 0 aliphatic carbocycles. The molecule has 2 N–H and O–H groups in total. The molecular formula is C93H161IN2O8. The van der Waals surface area contributed by atoms with Crippen molar-refractivity contribution < 1.29 is 38.0 Å². The molecule has 3 aromatic carbocycles. The number of carbonyl (C=O) groups excluding carboxylic acids is 2. The lowest BCUT2D eigenvalue weighted by atomic mass is 10.1. The molecule has 0 radical (unpaired) electrons. The second kappa shape index (κ2) is 68.4. The highest BCUT2D eigenvalue weighted by molar-refractivity contribution is 14.1. The number of nitrogens with one attached hydrogen (secondary N) is 2. The molecule has 0 heterocycles. The monoisotopic (exact) mass is 1560 g/mol. The summed E-state index contributed by atoms with van der Waals surface area (Å²) in [5.74, 6) is 2.84. The molecule has 598 valence electrons. The van der Waals surface area contributed by atoms with Gasteiger partial charge in [-0.2, -0.15) is 0 Å². The Hall–Kier alpha value is -3.87. The van der Waals surface area contributed by atoms with Crippen molar-refractivity contribution in [1.82, 2.24) is 0 Å². The smallest absolute Gasteiger partial charge is 0.255 e. The number of ether oxygens (including phenoxy) is 6. The minimum absolute atomic E-state index is 0.289. The maximum Gasteiger partial charge on any atom is 0.255 e. The average Bonchev–Trinajstić information content (AvgIpc) is 0.808. The Morgan fingerprint density at radius 1 is 0.250 bits per heavy atom. The highest BCUT2D eigenvalue weighted by Gasteiger charge is 2.24. The summed E-state index contributed by atoms with van der Waals surface area (Å²) in [5.41, 5.74) is 2.82. The average molecular weight is 1560 g/mol. The van der Waals surface area contributed by atoms with Crippen molar-refractivity contribution in [2.75, 3.05) is 50.3 Å². The van der Waals surface area contributed by atoms with E-state index in [1.165, 1.54) is 308 Å². The van der Waals surface area contributed by atoms with Gasteiger partial charge in [-0.1, -0.05) is 388 Å². The SMILES string of the molecule is CCCCCCCCCCCCOc1cc(C(=O)Nc2cc(I)cc(NC(=O)c3cc(OCCCCCCCCCCCC)c(OCCCCCCCCCCCC)c(OCCCCCCCCCCCC)c3)c2C)cc(OCCCCCCCCCCCC)c1OCCCCCCCCCCCC. The van der Waals surface area contributed by atoms with E-state index in [1.807, 2.05) is 43.3 Å². The van der Waals surface area contributed by atoms with E-state index in [-0.39, 0.29) is 11.8 Å². The van der Waals surface area contributed by atoms with E-state index in [9.17, 15) is 9.59 Å². The molecule has 0 aliphatic heterocycles. The third-order valence-corrected chi connectivity index (χ3v) is 21.6. The zero-order valence-corrected chi connectivity index (χ0v) is 70.9. The van der Waals surface area contributed by atoms with Crippen molar-refractivity contribution in [3.63, 3.8) is 0 Å². The molecule has 3 rings (SSSR count). The molecule has 3 aromatic rings. The van der Waals surface area contributed by atoms with Crippen LogP contribution in [-0.4, -0.2) is 51.5 Å². The van der Waals surface area contributed by atoms with Crippen LogP contribution in [0.25, 0.3) is 0 Å². The second-order valence-electron chi connectivity index (χ2n) is 30.8. The number of unbranched alkanes of at least 4 members (excludes halogenated alkanes) is 54. The number of amides is 2. The van der Waals surface area contributed by atoms with Crippen molar-refractivity contribution in [3.05, 3.63) is 56.7 Å². The van der Waals surface area contributed by atoms with Crippen LogP contribution >= 0.6 is 22.6 Å². The Morgan fingerprint density at radius 3 is 0.596 bits per heavy atom. The lowest BCUT2D eigenvalue weighted by Crippen LogP contribution is -2.17. The maximum absolute atomic E-state index is 15.0. The zero-order valence-electron chi connectivity index (χ0n) is 68.8. The molecule has 104 heavy (non-hydrogen) atoms. The van der Waals surface area contributed by atoms with Gasteiger partial charge in [-0.05, 0) is 110 Å². The van der Waals surface area contributed by atoms with Crippen LogP contribution in [0, 0.1) is 10.5 Å². The third kappa shape index (κ3) is 48.5. The first-order valence-corrected chi connectivity index (χ1v) is 45.8. The molecule has 0 aromatic heterocycles. The molecule has 0 spiro atoms. The summed E-state index contributed by atoms with van der Waals surface area (Å²) in [4.78, 5) is 29.9. The summed E-state index contributed by atoms with van der Waals surface area (Å²) in [6.45, 7) is 18.9. The normalized spacial score (nSPS) is 11.4. The van der Waals surface area contributed by atoms with Gasteiger partial charge in [0.1, 0.15) is 0 Å². The number of carbonyl (C=O) groups is 2. The molecule has 0 fully saturated rings. The molecule has 2 amide bonds. The molecule has 0 bridgehead atoms. The Labute approximate surface area is 654 Å². The first-order valence-electron chi connectivity index (χ1n) is 44.8. The number of rotatable bonds is 76. The summed E-state index contributed by atoms with van der Waals surface area (Å²) in [7, 11) is 0. The zero-order chi connectivity index (χ0) is 74.7. The van der Waals surface area contributed by atoms with Crippen LogP contribution in [0.5, 0.6) is 34.5 Å². The van der Waals surface area contributed by atoms with Crippen molar-refractivity contribution in [2.45, 2.75) is 434 Å². The quantitative estimate of drug-likeness (QED) is 0.0424. The minimum Gasteiger partial charge on any atom is -0.490 e. The maximum atomic E-state index is 15.0. The standard InChI is InChI=1S/C93H161IN2O8/c1-8-14-20-26-32-38-44-50-56-62-68-99-86-74-81(75-87(100-69-63-57-51-45-39-33-27-21-15-9-2)90(86)103-72-66-60-54-48-42-36-30-24-18-12-5)92(97)95-84-78-83(94)79-85(80(84)7)96-93(98)82-76-88(101-70-64-58-52-46-40-34-28-22-16-10-3)91(104-73-67-61-55-49-43-37-31-25-19-13-6)89(77-82)102-71-65-59-53-47-41-35-29-23-17-11-4/h74-79H,8-73H2,1-7H3,(H,95,97)(H,96,98). The van der Waals surface area contributed by atoms with E-state index in [0.29, 0.717) is 96.6 Å². The molecular weight excluding hydrogens is 1400 g/mol. The number of benzene rings is 3. The van der Waals surface area contributed by atoms with Gasteiger partial charge in [-0.25, -0.2) is 0 Å². The van der Waals surface area contributed by atoms with Crippen LogP contribution < -0.4 is 39.1 Å². The summed E-state index contributed by atoms with van der Waals surface area (Å²) in [5, 5.41) is 6.58.